The fourth-order valence-corrected chi connectivity index (χ4v) is 2.69. The first-order chi connectivity index (χ1) is 8.66. The van der Waals surface area contributed by atoms with Gasteiger partial charge in [-0.1, -0.05) is 23.8 Å². The van der Waals surface area contributed by atoms with E-state index in [2.05, 4.69) is 37.2 Å². The van der Waals surface area contributed by atoms with Gasteiger partial charge in [0.2, 0.25) is 0 Å². The summed E-state index contributed by atoms with van der Waals surface area (Å²) in [6.45, 7) is 1.04. The van der Waals surface area contributed by atoms with Gasteiger partial charge < -0.3 is 10.0 Å². The predicted octanol–water partition coefficient (Wildman–Crippen LogP) is 3.54. The van der Waals surface area contributed by atoms with Gasteiger partial charge in [0.15, 0.2) is 0 Å². The Balaban J connectivity index is 2.23. The molecule has 98 valence electrons. The van der Waals surface area contributed by atoms with Crippen LogP contribution in [0.1, 0.15) is 37.2 Å². The van der Waals surface area contributed by atoms with Crippen molar-refractivity contribution in [2.45, 2.75) is 31.6 Å². The number of nitrogens with zero attached hydrogens (tertiary/aromatic N) is 1. The van der Waals surface area contributed by atoms with Crippen molar-refractivity contribution >= 4 is 0 Å². The smallest absolute Gasteiger partial charge is 0.115 e. The van der Waals surface area contributed by atoms with E-state index in [4.69, 9.17) is 0 Å². The second-order valence-corrected chi connectivity index (χ2v) is 5.43. The molecule has 0 saturated heterocycles. The summed E-state index contributed by atoms with van der Waals surface area (Å²) in [5.41, 5.74) is 2.88. The summed E-state index contributed by atoms with van der Waals surface area (Å²) in [6.07, 6.45) is 7.50. The summed E-state index contributed by atoms with van der Waals surface area (Å²) in [4.78, 5) is 2.24. The molecular formula is C16H23NO. The number of benzene rings is 1. The first-order valence-electron chi connectivity index (χ1n) is 6.79. The van der Waals surface area contributed by atoms with E-state index in [9.17, 15) is 5.11 Å². The largest absolute Gasteiger partial charge is 0.508 e. The van der Waals surface area contributed by atoms with E-state index >= 15 is 0 Å². The minimum atomic E-state index is 0.347. The molecule has 2 rings (SSSR count). The number of hydrogen-bond acceptors (Lipinski definition) is 2. The van der Waals surface area contributed by atoms with E-state index < -0.39 is 0 Å². The Morgan fingerprint density at radius 3 is 2.44 bits per heavy atom. The number of phenolic OH excluding ortho intramolecular Hbond substituents is 1. The zero-order valence-corrected chi connectivity index (χ0v) is 11.4. The predicted molar refractivity (Wildman–Crippen MR) is 76.0 cm³/mol. The van der Waals surface area contributed by atoms with Crippen LogP contribution in [0.2, 0.25) is 0 Å². The molecule has 0 fully saturated rings. The molecule has 2 heteroatoms. The van der Waals surface area contributed by atoms with Crippen LogP contribution in [0.15, 0.2) is 35.9 Å². The van der Waals surface area contributed by atoms with Crippen molar-refractivity contribution in [3.8, 4) is 5.75 Å². The van der Waals surface area contributed by atoms with Crippen LogP contribution in [-0.2, 0) is 0 Å². The summed E-state index contributed by atoms with van der Waals surface area (Å²) in [7, 11) is 4.24. The Kier molecular flexibility index (Phi) is 4.43. The van der Waals surface area contributed by atoms with Gasteiger partial charge in [0.1, 0.15) is 5.75 Å². The molecule has 18 heavy (non-hydrogen) atoms. The number of phenols is 1. The lowest BCUT2D eigenvalue weighted by Gasteiger charge is -2.26. The highest BCUT2D eigenvalue weighted by molar-refractivity contribution is 5.34. The van der Waals surface area contributed by atoms with Crippen molar-refractivity contribution in [2.24, 2.45) is 0 Å². The number of likely N-dealkylation sites (N-methyl/N-ethyl adjacent to an activating group) is 1. The Hall–Kier alpha value is -1.28. The maximum Gasteiger partial charge on any atom is 0.115 e. The third kappa shape index (κ3) is 3.36. The van der Waals surface area contributed by atoms with Crippen LogP contribution in [-0.4, -0.2) is 30.6 Å². The van der Waals surface area contributed by atoms with E-state index in [1.807, 2.05) is 0 Å². The molecule has 0 aromatic heterocycles. The van der Waals surface area contributed by atoms with Crippen molar-refractivity contribution in [2.75, 3.05) is 20.6 Å². The molecule has 0 unspecified atom stereocenters. The summed E-state index contributed by atoms with van der Waals surface area (Å²) in [6, 6.07) is 7.70. The molecule has 1 aromatic carbocycles. The molecule has 0 heterocycles. The number of aromatic hydroxyl groups is 1. The van der Waals surface area contributed by atoms with E-state index in [-0.39, 0.29) is 0 Å². The van der Waals surface area contributed by atoms with Crippen LogP contribution in [0.4, 0.5) is 0 Å². The van der Waals surface area contributed by atoms with Crippen molar-refractivity contribution in [1.29, 1.82) is 0 Å². The molecule has 2 nitrogen and oxygen atoms in total. The van der Waals surface area contributed by atoms with Gasteiger partial charge in [0, 0.05) is 12.5 Å². The highest BCUT2D eigenvalue weighted by atomic mass is 16.3. The number of hydrogen-bond donors (Lipinski definition) is 1. The van der Waals surface area contributed by atoms with Crippen LogP contribution < -0.4 is 0 Å². The van der Waals surface area contributed by atoms with Gasteiger partial charge in [-0.2, -0.15) is 0 Å². The highest BCUT2D eigenvalue weighted by Crippen LogP contribution is 2.32. The molecule has 0 saturated carbocycles. The summed E-state index contributed by atoms with van der Waals surface area (Å²) < 4.78 is 0. The highest BCUT2D eigenvalue weighted by Gasteiger charge is 2.19. The van der Waals surface area contributed by atoms with Gasteiger partial charge in [-0.3, -0.25) is 0 Å². The second kappa shape index (κ2) is 6.05. The normalized spacial score (nSPS) is 17.6. The van der Waals surface area contributed by atoms with Crippen LogP contribution in [0.5, 0.6) is 5.75 Å². The number of rotatable bonds is 4. The molecule has 1 aliphatic rings. The van der Waals surface area contributed by atoms with Gasteiger partial charge >= 0.3 is 0 Å². The van der Waals surface area contributed by atoms with Crippen molar-refractivity contribution in [1.82, 2.24) is 4.90 Å². The molecule has 0 bridgehead atoms. The molecule has 1 aliphatic carbocycles. The maximum absolute atomic E-state index is 9.41. The topological polar surface area (TPSA) is 23.5 Å². The van der Waals surface area contributed by atoms with Gasteiger partial charge in [-0.15, -0.1) is 0 Å². The average Bonchev–Trinajstić information content (AvgIpc) is 2.38. The lowest BCUT2D eigenvalue weighted by molar-refractivity contribution is 0.383. The molecule has 0 spiro atoms. The van der Waals surface area contributed by atoms with Crippen molar-refractivity contribution in [3.05, 3.63) is 41.5 Å². The van der Waals surface area contributed by atoms with Crippen LogP contribution in [0.25, 0.3) is 0 Å². The zero-order valence-electron chi connectivity index (χ0n) is 11.4. The molecule has 1 aromatic rings. The second-order valence-electron chi connectivity index (χ2n) is 5.43. The third-order valence-corrected chi connectivity index (χ3v) is 3.62. The molecule has 1 atom stereocenters. The fourth-order valence-electron chi connectivity index (χ4n) is 2.69. The first-order valence-corrected chi connectivity index (χ1v) is 6.79. The van der Waals surface area contributed by atoms with Gasteiger partial charge in [0.05, 0.1) is 0 Å². The van der Waals surface area contributed by atoms with E-state index in [1.54, 1.807) is 17.7 Å². The minimum absolute atomic E-state index is 0.347. The van der Waals surface area contributed by atoms with E-state index in [0.717, 1.165) is 6.54 Å². The van der Waals surface area contributed by atoms with Crippen molar-refractivity contribution in [3.63, 3.8) is 0 Å². The lowest BCUT2D eigenvalue weighted by atomic mass is 9.84. The maximum atomic E-state index is 9.41. The Labute approximate surface area is 110 Å². The van der Waals surface area contributed by atoms with Gasteiger partial charge in [-0.05, 0) is 57.5 Å². The van der Waals surface area contributed by atoms with Crippen LogP contribution >= 0.6 is 0 Å². The lowest BCUT2D eigenvalue weighted by Crippen LogP contribution is -2.22. The Morgan fingerprint density at radius 2 is 1.89 bits per heavy atom. The monoisotopic (exact) mass is 245 g/mol. The minimum Gasteiger partial charge on any atom is -0.508 e. The van der Waals surface area contributed by atoms with Crippen LogP contribution in [0, 0.1) is 0 Å². The quantitative estimate of drug-likeness (QED) is 0.820. The van der Waals surface area contributed by atoms with E-state index in [0.29, 0.717) is 11.7 Å². The molecule has 0 radical (unpaired) electrons. The summed E-state index contributed by atoms with van der Waals surface area (Å²) in [5.74, 6) is 0.820. The zero-order chi connectivity index (χ0) is 13.0. The summed E-state index contributed by atoms with van der Waals surface area (Å²) >= 11 is 0. The Bertz CT molecular complexity index is 406. The number of allylic oxidation sites excluding steroid dienone is 1. The summed E-state index contributed by atoms with van der Waals surface area (Å²) in [5, 5.41) is 9.41. The average molecular weight is 245 g/mol. The van der Waals surface area contributed by atoms with Gasteiger partial charge in [0.25, 0.3) is 0 Å². The fraction of sp³-hybridized carbons (Fsp3) is 0.500. The Morgan fingerprint density at radius 1 is 1.17 bits per heavy atom. The van der Waals surface area contributed by atoms with Crippen LogP contribution in [0.3, 0.4) is 0 Å². The standard InChI is InChI=1S/C16H23NO/c1-17(2)12-16(13-6-4-3-5-7-13)14-8-10-15(18)11-9-14/h6,8-11,16,18H,3-5,7,12H2,1-2H3/t16-/m0/s1. The molecule has 0 aliphatic heterocycles. The first kappa shape index (κ1) is 13.2. The molecule has 0 amide bonds. The third-order valence-electron chi connectivity index (χ3n) is 3.62. The van der Waals surface area contributed by atoms with Gasteiger partial charge in [-0.25, -0.2) is 0 Å². The molecular weight excluding hydrogens is 222 g/mol. The van der Waals surface area contributed by atoms with Crippen molar-refractivity contribution < 1.29 is 5.11 Å². The molecule has 1 N–H and O–H groups in total. The SMILES string of the molecule is CN(C)C[C@@H](C1=CCCCC1)c1ccc(O)cc1. The van der Waals surface area contributed by atoms with E-state index in [1.165, 1.54) is 31.2 Å².